The highest BCUT2D eigenvalue weighted by Crippen LogP contribution is 2.38. The van der Waals surface area contributed by atoms with Gasteiger partial charge < -0.3 is 23.1 Å². The van der Waals surface area contributed by atoms with E-state index in [1.165, 1.54) is 0 Å². The summed E-state index contributed by atoms with van der Waals surface area (Å²) >= 11 is 0. The Balaban J connectivity index is 1.33. The second kappa shape index (κ2) is 8.39. The summed E-state index contributed by atoms with van der Waals surface area (Å²) in [5, 5.41) is 0. The maximum absolute atomic E-state index is 6.55. The molecule has 2 aromatic carbocycles. The van der Waals surface area contributed by atoms with Crippen molar-refractivity contribution >= 4 is 33.1 Å². The number of benzene rings is 2. The topological polar surface area (TPSA) is 41.9 Å². The van der Waals surface area contributed by atoms with Gasteiger partial charge in [0, 0.05) is 11.4 Å². The fraction of sp³-hybridized carbons (Fsp3) is 0.429. The maximum Gasteiger partial charge on any atom is 0.494 e. The lowest BCUT2D eigenvalue weighted by Gasteiger charge is -2.32. The Kier molecular flexibility index (Phi) is 5.92. The molecule has 2 aliphatic heterocycles. The molecule has 1 aromatic heterocycles. The fourth-order valence-corrected chi connectivity index (χ4v) is 4.50. The van der Waals surface area contributed by atoms with E-state index >= 15 is 0 Å². The molecule has 5 nitrogen and oxygen atoms in total. The van der Waals surface area contributed by atoms with Gasteiger partial charge in [-0.2, -0.15) is 0 Å². The van der Waals surface area contributed by atoms with Crippen LogP contribution in [0.4, 0.5) is 0 Å². The van der Waals surface area contributed by atoms with Crippen molar-refractivity contribution < 1.29 is 18.6 Å². The molecule has 2 saturated heterocycles. The van der Waals surface area contributed by atoms with Gasteiger partial charge in [0.2, 0.25) is 7.98 Å². The number of nitrogens with zero attached hydrogens (tertiary/aromatic N) is 1. The van der Waals surface area contributed by atoms with Gasteiger partial charge in [-0.25, -0.2) is 0 Å². The normalized spacial score (nSPS) is 21.8. The molecule has 0 unspecified atom stereocenters. The standard InChI is InChI=1S/C28H34B3NO4/c1-25(2)26(3,4)34-30(33-25)21-13-9-19(10-14-21)23-17-18-24(32(23)29)20-11-15-22(16-12-20)31-35-27(5,6)28(7,8)36-31/h9-18H,1-8H3. The van der Waals surface area contributed by atoms with E-state index in [0.29, 0.717) is 0 Å². The molecule has 2 fully saturated rings. The van der Waals surface area contributed by atoms with Crippen LogP contribution in [-0.2, 0) is 18.6 Å². The Hall–Kier alpha value is -2.25. The number of hydrogen-bond acceptors (Lipinski definition) is 4. The van der Waals surface area contributed by atoms with Crippen molar-refractivity contribution in [2.24, 2.45) is 0 Å². The maximum atomic E-state index is 6.55. The van der Waals surface area contributed by atoms with Crippen LogP contribution in [0.25, 0.3) is 22.5 Å². The smallest absolute Gasteiger partial charge is 0.399 e. The molecule has 0 aliphatic carbocycles. The highest BCUT2D eigenvalue weighted by molar-refractivity contribution is 6.62. The van der Waals surface area contributed by atoms with Crippen molar-refractivity contribution in [1.82, 2.24) is 4.48 Å². The molecule has 0 amide bonds. The minimum absolute atomic E-state index is 0.366. The van der Waals surface area contributed by atoms with Gasteiger partial charge in [-0.15, -0.1) is 0 Å². The lowest BCUT2D eigenvalue weighted by Crippen LogP contribution is -2.41. The molecule has 3 aromatic rings. The van der Waals surface area contributed by atoms with Crippen LogP contribution in [0.3, 0.4) is 0 Å². The summed E-state index contributed by atoms with van der Waals surface area (Å²) in [5.74, 6) is 0. The Bertz CT molecular complexity index is 1130. The second-order valence-corrected chi connectivity index (χ2v) is 11.9. The number of aromatic nitrogens is 1. The number of rotatable bonds is 4. The molecule has 3 heterocycles. The minimum Gasteiger partial charge on any atom is -0.399 e. The Labute approximate surface area is 217 Å². The monoisotopic (exact) mass is 481 g/mol. The average Bonchev–Trinajstić information content (AvgIpc) is 3.36. The Morgan fingerprint density at radius 2 is 0.778 bits per heavy atom. The van der Waals surface area contributed by atoms with Crippen molar-refractivity contribution in [3.8, 4) is 22.5 Å². The molecule has 8 heteroatoms. The van der Waals surface area contributed by atoms with Gasteiger partial charge >= 0.3 is 14.2 Å². The lowest BCUT2D eigenvalue weighted by atomic mass is 9.78. The first kappa shape index (κ1) is 25.4. The Morgan fingerprint density at radius 3 is 1.06 bits per heavy atom. The van der Waals surface area contributed by atoms with Crippen LogP contribution in [0.5, 0.6) is 0 Å². The summed E-state index contributed by atoms with van der Waals surface area (Å²) in [6.07, 6.45) is 0. The van der Waals surface area contributed by atoms with Crippen molar-refractivity contribution in [3.05, 3.63) is 60.7 Å². The van der Waals surface area contributed by atoms with E-state index in [0.717, 1.165) is 33.4 Å². The van der Waals surface area contributed by atoms with Crippen LogP contribution < -0.4 is 10.9 Å². The fourth-order valence-electron chi connectivity index (χ4n) is 4.50. The van der Waals surface area contributed by atoms with Gasteiger partial charge in [-0.3, -0.25) is 0 Å². The van der Waals surface area contributed by atoms with Crippen LogP contribution in [0.1, 0.15) is 55.4 Å². The molecule has 5 rings (SSSR count). The third kappa shape index (κ3) is 4.18. The van der Waals surface area contributed by atoms with E-state index < -0.39 is 0 Å². The molecule has 0 saturated carbocycles. The molecule has 2 aliphatic rings. The van der Waals surface area contributed by atoms with E-state index in [1.54, 1.807) is 4.48 Å². The molecular weight excluding hydrogens is 447 g/mol. The molecule has 36 heavy (non-hydrogen) atoms. The molecule has 0 N–H and O–H groups in total. The quantitative estimate of drug-likeness (QED) is 0.520. The van der Waals surface area contributed by atoms with Crippen LogP contribution in [0, 0.1) is 0 Å². The number of hydrogen-bond donors (Lipinski definition) is 0. The molecule has 184 valence electrons. The van der Waals surface area contributed by atoms with Gasteiger partial charge in [-0.05, 0) is 89.6 Å². The first-order valence-electron chi connectivity index (χ1n) is 12.6. The van der Waals surface area contributed by atoms with E-state index in [9.17, 15) is 0 Å². The summed E-state index contributed by atoms with van der Waals surface area (Å²) in [7, 11) is 5.78. The lowest BCUT2D eigenvalue weighted by molar-refractivity contribution is 0.00578. The summed E-state index contributed by atoms with van der Waals surface area (Å²) in [6, 6.07) is 20.5. The summed E-state index contributed by atoms with van der Waals surface area (Å²) in [5.41, 5.74) is 4.43. The van der Waals surface area contributed by atoms with Gasteiger partial charge in [-0.1, -0.05) is 48.5 Å². The molecule has 0 atom stereocenters. The van der Waals surface area contributed by atoms with Gasteiger partial charge in [0.25, 0.3) is 0 Å². The van der Waals surface area contributed by atoms with Crippen LogP contribution in [0.15, 0.2) is 60.7 Å². The van der Waals surface area contributed by atoms with Crippen molar-refractivity contribution in [3.63, 3.8) is 0 Å². The summed E-state index contributed by atoms with van der Waals surface area (Å²) in [4.78, 5) is 0. The zero-order valence-corrected chi connectivity index (χ0v) is 22.6. The SMILES string of the molecule is [B]n1c(-c2ccc(B3OC(C)(C)C(C)(C)O3)cc2)ccc1-c1ccc(B2OC(C)(C)C(C)(C)O2)cc1. The van der Waals surface area contributed by atoms with E-state index in [-0.39, 0.29) is 36.6 Å². The molecule has 0 bridgehead atoms. The summed E-state index contributed by atoms with van der Waals surface area (Å²) < 4.78 is 26.5. The van der Waals surface area contributed by atoms with Gasteiger partial charge in [0.15, 0.2) is 0 Å². The van der Waals surface area contributed by atoms with Crippen molar-refractivity contribution in [2.75, 3.05) is 0 Å². The highest BCUT2D eigenvalue weighted by Gasteiger charge is 2.52. The third-order valence-electron chi connectivity index (χ3n) is 8.38. The first-order valence-corrected chi connectivity index (χ1v) is 12.6. The predicted octanol–water partition coefficient (Wildman–Crippen LogP) is 4.35. The van der Waals surface area contributed by atoms with E-state index in [1.807, 2.05) is 36.4 Å². The van der Waals surface area contributed by atoms with Gasteiger partial charge in [0.1, 0.15) is 0 Å². The van der Waals surface area contributed by atoms with Gasteiger partial charge in [0.05, 0.1) is 22.4 Å². The Morgan fingerprint density at radius 1 is 0.500 bits per heavy atom. The molecular formula is C28H34B3NO4. The largest absolute Gasteiger partial charge is 0.494 e. The summed E-state index contributed by atoms with van der Waals surface area (Å²) in [6.45, 7) is 16.5. The third-order valence-corrected chi connectivity index (χ3v) is 8.38. The van der Waals surface area contributed by atoms with E-state index in [2.05, 4.69) is 79.7 Å². The van der Waals surface area contributed by atoms with Crippen LogP contribution in [-0.4, -0.2) is 49.1 Å². The first-order chi connectivity index (χ1) is 16.7. The molecule has 2 radical (unpaired) electrons. The van der Waals surface area contributed by atoms with Crippen LogP contribution in [0.2, 0.25) is 0 Å². The molecule has 0 spiro atoms. The minimum atomic E-state index is -0.383. The zero-order valence-electron chi connectivity index (χ0n) is 22.6. The predicted molar refractivity (Wildman–Crippen MR) is 148 cm³/mol. The average molecular weight is 481 g/mol. The van der Waals surface area contributed by atoms with Crippen molar-refractivity contribution in [2.45, 2.75) is 77.8 Å². The highest BCUT2D eigenvalue weighted by atomic mass is 16.7. The second-order valence-electron chi connectivity index (χ2n) is 11.9. The van der Waals surface area contributed by atoms with Crippen molar-refractivity contribution in [1.29, 1.82) is 0 Å². The zero-order chi connectivity index (χ0) is 26.1. The van der Waals surface area contributed by atoms with E-state index in [4.69, 9.17) is 26.6 Å². The van der Waals surface area contributed by atoms with Crippen LogP contribution >= 0.6 is 0 Å².